The third-order valence-electron chi connectivity index (χ3n) is 6.53. The van der Waals surface area contributed by atoms with Gasteiger partial charge in [0.05, 0.1) is 12.6 Å². The van der Waals surface area contributed by atoms with E-state index in [4.69, 9.17) is 4.74 Å². The standard InChI is InChI=1S/C27H31N3O2/c31-27-28-26(22-7-2-1-3-8-22)20-30(27)19-21-9-10-24-18-25(12-11-23(24)17-21)32-16-6-15-29-13-4-5-14-29/h1-3,7-12,17-18,26H,4-6,13-16,19-20H2,(H,28,31)/t26-/m1/s1. The number of benzene rings is 3. The predicted molar refractivity (Wildman–Crippen MR) is 128 cm³/mol. The Hall–Kier alpha value is -3.05. The van der Waals surface area contributed by atoms with Crippen molar-refractivity contribution in [1.82, 2.24) is 15.1 Å². The molecule has 5 nitrogen and oxygen atoms in total. The molecule has 166 valence electrons. The van der Waals surface area contributed by atoms with Gasteiger partial charge in [-0.3, -0.25) is 0 Å². The Kier molecular flexibility index (Phi) is 6.26. The molecule has 2 heterocycles. The topological polar surface area (TPSA) is 44.8 Å². The Bertz CT molecular complexity index is 1060. The van der Waals surface area contributed by atoms with Crippen LogP contribution in [0.4, 0.5) is 4.79 Å². The minimum absolute atomic E-state index is 0.00312. The maximum Gasteiger partial charge on any atom is 0.318 e. The van der Waals surface area contributed by atoms with E-state index in [0.29, 0.717) is 13.1 Å². The average Bonchev–Trinajstić information content (AvgIpc) is 3.47. The first kappa shape index (κ1) is 20.8. The van der Waals surface area contributed by atoms with E-state index in [1.54, 1.807) is 0 Å². The van der Waals surface area contributed by atoms with Gasteiger partial charge in [0.2, 0.25) is 0 Å². The van der Waals surface area contributed by atoms with Gasteiger partial charge in [0, 0.05) is 19.6 Å². The first-order valence-electron chi connectivity index (χ1n) is 11.7. The lowest BCUT2D eigenvalue weighted by atomic mass is 10.1. The Morgan fingerprint density at radius 2 is 1.72 bits per heavy atom. The van der Waals surface area contributed by atoms with Crippen LogP contribution in [0.3, 0.4) is 0 Å². The molecule has 3 aromatic carbocycles. The molecule has 1 atom stereocenters. The molecule has 0 bridgehead atoms. The van der Waals surface area contributed by atoms with Gasteiger partial charge in [-0.2, -0.15) is 0 Å². The van der Waals surface area contributed by atoms with Crippen LogP contribution in [0.1, 0.15) is 36.4 Å². The highest BCUT2D eigenvalue weighted by molar-refractivity contribution is 5.84. The smallest absolute Gasteiger partial charge is 0.318 e. The lowest BCUT2D eigenvalue weighted by Crippen LogP contribution is -2.27. The van der Waals surface area contributed by atoms with Crippen molar-refractivity contribution in [2.45, 2.75) is 31.8 Å². The summed E-state index contributed by atoms with van der Waals surface area (Å²) in [6.45, 7) is 5.67. The summed E-state index contributed by atoms with van der Waals surface area (Å²) in [7, 11) is 0. The Morgan fingerprint density at radius 1 is 0.938 bits per heavy atom. The van der Waals surface area contributed by atoms with Crippen molar-refractivity contribution in [3.8, 4) is 5.75 Å². The van der Waals surface area contributed by atoms with Crippen molar-refractivity contribution in [1.29, 1.82) is 0 Å². The molecule has 2 aliphatic heterocycles. The van der Waals surface area contributed by atoms with Crippen LogP contribution in [0.5, 0.6) is 5.75 Å². The zero-order valence-corrected chi connectivity index (χ0v) is 18.5. The number of likely N-dealkylation sites (tertiary alicyclic amines) is 1. The van der Waals surface area contributed by atoms with Crippen LogP contribution in [-0.2, 0) is 6.54 Å². The molecule has 2 fully saturated rings. The first-order chi connectivity index (χ1) is 15.7. The van der Waals surface area contributed by atoms with Crippen molar-refractivity contribution in [2.24, 2.45) is 0 Å². The summed E-state index contributed by atoms with van der Waals surface area (Å²) in [6.07, 6.45) is 3.74. The van der Waals surface area contributed by atoms with Crippen LogP contribution in [-0.4, -0.2) is 48.6 Å². The Labute approximate surface area is 190 Å². The number of fused-ring (bicyclic) bond motifs is 1. The second-order valence-electron chi connectivity index (χ2n) is 8.89. The molecule has 0 unspecified atom stereocenters. The van der Waals surface area contributed by atoms with Crippen molar-refractivity contribution in [3.63, 3.8) is 0 Å². The summed E-state index contributed by atoms with van der Waals surface area (Å²) in [5.74, 6) is 0.927. The number of amides is 2. The van der Waals surface area contributed by atoms with Gasteiger partial charge < -0.3 is 19.9 Å². The van der Waals surface area contributed by atoms with Crippen molar-refractivity contribution < 1.29 is 9.53 Å². The van der Waals surface area contributed by atoms with E-state index in [1.807, 2.05) is 23.1 Å². The van der Waals surface area contributed by atoms with Crippen molar-refractivity contribution in [2.75, 3.05) is 32.8 Å². The third-order valence-corrected chi connectivity index (χ3v) is 6.53. The number of urea groups is 1. The normalized spacial score (nSPS) is 18.9. The molecule has 5 rings (SSSR count). The van der Waals surface area contributed by atoms with Crippen LogP contribution >= 0.6 is 0 Å². The average molecular weight is 430 g/mol. The summed E-state index contributed by atoms with van der Waals surface area (Å²) in [6, 6.07) is 22.9. The molecular weight excluding hydrogens is 398 g/mol. The summed E-state index contributed by atoms with van der Waals surface area (Å²) in [5.41, 5.74) is 2.29. The summed E-state index contributed by atoms with van der Waals surface area (Å²) in [5, 5.41) is 5.43. The van der Waals surface area contributed by atoms with E-state index in [0.717, 1.165) is 36.4 Å². The number of carbonyl (C=O) groups excluding carboxylic acids is 1. The molecule has 2 amide bonds. The fourth-order valence-corrected chi connectivity index (χ4v) is 4.77. The molecule has 0 saturated carbocycles. The monoisotopic (exact) mass is 429 g/mol. The number of nitrogens with zero attached hydrogens (tertiary/aromatic N) is 2. The molecule has 0 radical (unpaired) electrons. The summed E-state index contributed by atoms with van der Waals surface area (Å²) in [4.78, 5) is 16.9. The van der Waals surface area contributed by atoms with E-state index in [-0.39, 0.29) is 12.1 Å². The van der Waals surface area contributed by atoms with E-state index in [1.165, 1.54) is 36.7 Å². The number of rotatable bonds is 8. The number of hydrogen-bond acceptors (Lipinski definition) is 3. The molecule has 2 saturated heterocycles. The second kappa shape index (κ2) is 9.61. The van der Waals surface area contributed by atoms with E-state index in [2.05, 4.69) is 58.7 Å². The third kappa shape index (κ3) is 4.89. The minimum atomic E-state index is -0.00312. The zero-order valence-electron chi connectivity index (χ0n) is 18.5. The Morgan fingerprint density at radius 3 is 2.56 bits per heavy atom. The highest BCUT2D eigenvalue weighted by Gasteiger charge is 2.29. The highest BCUT2D eigenvalue weighted by atomic mass is 16.5. The van der Waals surface area contributed by atoms with E-state index < -0.39 is 0 Å². The minimum Gasteiger partial charge on any atom is -0.494 e. The quantitative estimate of drug-likeness (QED) is 0.514. The highest BCUT2D eigenvalue weighted by Crippen LogP contribution is 2.25. The number of ether oxygens (including phenoxy) is 1. The van der Waals surface area contributed by atoms with Gasteiger partial charge in [-0.25, -0.2) is 4.79 Å². The Balaban J connectivity index is 1.17. The van der Waals surface area contributed by atoms with Gasteiger partial charge in [-0.1, -0.05) is 48.5 Å². The molecular formula is C27H31N3O2. The lowest BCUT2D eigenvalue weighted by molar-refractivity contribution is 0.215. The van der Waals surface area contributed by atoms with Gasteiger partial charge >= 0.3 is 6.03 Å². The predicted octanol–water partition coefficient (Wildman–Crippen LogP) is 4.97. The van der Waals surface area contributed by atoms with Crippen LogP contribution in [0.15, 0.2) is 66.7 Å². The number of hydrogen-bond donors (Lipinski definition) is 1. The molecule has 0 aliphatic carbocycles. The van der Waals surface area contributed by atoms with Gasteiger partial charge in [0.25, 0.3) is 0 Å². The van der Waals surface area contributed by atoms with Crippen molar-refractivity contribution in [3.05, 3.63) is 77.9 Å². The molecule has 1 N–H and O–H groups in total. The molecule has 0 spiro atoms. The zero-order chi connectivity index (χ0) is 21.8. The van der Waals surface area contributed by atoms with E-state index in [9.17, 15) is 4.79 Å². The van der Waals surface area contributed by atoms with E-state index >= 15 is 0 Å². The fourth-order valence-electron chi connectivity index (χ4n) is 4.77. The van der Waals surface area contributed by atoms with Gasteiger partial charge in [-0.15, -0.1) is 0 Å². The summed E-state index contributed by atoms with van der Waals surface area (Å²) < 4.78 is 5.99. The lowest BCUT2D eigenvalue weighted by Gasteiger charge is -2.16. The van der Waals surface area contributed by atoms with Crippen molar-refractivity contribution >= 4 is 16.8 Å². The molecule has 3 aromatic rings. The number of carbonyl (C=O) groups is 1. The maximum atomic E-state index is 12.5. The maximum absolute atomic E-state index is 12.5. The first-order valence-corrected chi connectivity index (χ1v) is 11.7. The molecule has 0 aromatic heterocycles. The molecule has 2 aliphatic rings. The van der Waals surface area contributed by atoms with Crippen LogP contribution in [0.25, 0.3) is 10.8 Å². The van der Waals surface area contributed by atoms with Gasteiger partial charge in [-0.05, 0) is 72.5 Å². The van der Waals surface area contributed by atoms with Gasteiger partial charge in [0.15, 0.2) is 0 Å². The number of nitrogens with one attached hydrogen (secondary N) is 1. The van der Waals surface area contributed by atoms with Gasteiger partial charge in [0.1, 0.15) is 5.75 Å². The SMILES string of the molecule is O=C1N[C@@H](c2ccccc2)CN1Cc1ccc2cc(OCCCN3CCCC3)ccc2c1. The van der Waals surface area contributed by atoms with Crippen LogP contribution in [0.2, 0.25) is 0 Å². The molecule has 32 heavy (non-hydrogen) atoms. The molecule has 5 heteroatoms. The second-order valence-corrected chi connectivity index (χ2v) is 8.89. The summed E-state index contributed by atoms with van der Waals surface area (Å²) >= 11 is 0. The van der Waals surface area contributed by atoms with Crippen LogP contribution in [0, 0.1) is 0 Å². The fraction of sp³-hybridized carbons (Fsp3) is 0.370. The van der Waals surface area contributed by atoms with Crippen LogP contribution < -0.4 is 10.1 Å². The largest absolute Gasteiger partial charge is 0.494 e.